The van der Waals surface area contributed by atoms with Crippen LogP contribution in [-0.2, 0) is 36.3 Å². The molecular formula is C25H22N4O8S3. The number of sulfone groups is 1. The van der Waals surface area contributed by atoms with Crippen molar-refractivity contribution in [1.82, 2.24) is 4.40 Å². The molecule has 1 aliphatic heterocycles. The van der Waals surface area contributed by atoms with Gasteiger partial charge >= 0.3 is 0 Å². The molecule has 0 spiro atoms. The second kappa shape index (κ2) is 9.46. The summed E-state index contributed by atoms with van der Waals surface area (Å²) in [7, 11) is -11.5. The van der Waals surface area contributed by atoms with Crippen LogP contribution in [0.1, 0.15) is 16.7 Å². The Morgan fingerprint density at radius 2 is 1.70 bits per heavy atom. The second-order valence-electron chi connectivity index (χ2n) is 9.18. The smallest absolute Gasteiger partial charge is 0.286 e. The number of pyridine rings is 2. The molecule has 0 radical (unpaired) electrons. The van der Waals surface area contributed by atoms with Crippen molar-refractivity contribution in [3.8, 4) is 5.88 Å². The Morgan fingerprint density at radius 3 is 2.35 bits per heavy atom. The Bertz CT molecular complexity index is 2120. The van der Waals surface area contributed by atoms with Crippen LogP contribution in [0.4, 0.5) is 11.4 Å². The molecular weight excluding hydrogens is 580 g/mol. The second-order valence-corrected chi connectivity index (χ2v) is 14.5. The molecule has 0 bridgehead atoms. The highest BCUT2D eigenvalue weighted by atomic mass is 32.2. The van der Waals surface area contributed by atoms with Gasteiger partial charge in [0.25, 0.3) is 10.0 Å². The molecule has 2 aromatic heterocycles. The maximum absolute atomic E-state index is 13.8. The van der Waals surface area contributed by atoms with Crippen molar-refractivity contribution in [3.63, 3.8) is 0 Å². The van der Waals surface area contributed by atoms with E-state index in [1.54, 1.807) is 30.3 Å². The highest BCUT2D eigenvalue weighted by molar-refractivity contribution is 7.92. The van der Waals surface area contributed by atoms with Gasteiger partial charge in [-0.05, 0) is 48.0 Å². The van der Waals surface area contributed by atoms with Gasteiger partial charge in [0.05, 0.1) is 22.4 Å². The molecule has 2 aromatic carbocycles. The van der Waals surface area contributed by atoms with Gasteiger partial charge in [0, 0.05) is 30.1 Å². The Kier molecular flexibility index (Phi) is 6.47. The van der Waals surface area contributed by atoms with Crippen molar-refractivity contribution in [3.05, 3.63) is 93.8 Å². The number of hydrogen-bond acceptors (Lipinski definition) is 9. The third kappa shape index (κ3) is 5.17. The normalized spacial score (nSPS) is 14.7. The van der Waals surface area contributed by atoms with Gasteiger partial charge in [0.2, 0.25) is 21.3 Å². The lowest BCUT2D eigenvalue weighted by Crippen LogP contribution is -2.30. The third-order valence-corrected chi connectivity index (χ3v) is 9.17. The predicted molar refractivity (Wildman–Crippen MR) is 150 cm³/mol. The van der Waals surface area contributed by atoms with E-state index in [0.717, 1.165) is 18.6 Å². The average molecular weight is 603 g/mol. The van der Waals surface area contributed by atoms with Gasteiger partial charge in [-0.2, -0.15) is 8.42 Å². The average Bonchev–Trinajstić information content (AvgIpc) is 2.85. The van der Waals surface area contributed by atoms with Crippen LogP contribution in [0.3, 0.4) is 0 Å². The summed E-state index contributed by atoms with van der Waals surface area (Å²) in [6.07, 6.45) is 3.55. The molecule has 15 heteroatoms. The number of nitrogens with one attached hydrogen (secondary N) is 2. The van der Waals surface area contributed by atoms with E-state index >= 15 is 0 Å². The molecule has 3 N–H and O–H groups in total. The van der Waals surface area contributed by atoms with Crippen LogP contribution in [0, 0.1) is 0 Å². The number of hydrogen-bond donors (Lipinski definition) is 3. The number of aromatic nitrogens is 1. The van der Waals surface area contributed by atoms with Crippen molar-refractivity contribution in [2.75, 3.05) is 22.6 Å². The van der Waals surface area contributed by atoms with Crippen LogP contribution in [0.2, 0.25) is 0 Å². The van der Waals surface area contributed by atoms with E-state index in [9.17, 15) is 35.2 Å². The molecule has 3 heterocycles. The van der Waals surface area contributed by atoms with Crippen molar-refractivity contribution in [2.24, 2.45) is 4.40 Å². The fraction of sp³-hybridized carbons (Fsp3) is 0.120. The summed E-state index contributed by atoms with van der Waals surface area (Å²) in [5.41, 5.74) is 0.129. The molecule has 4 aromatic rings. The van der Waals surface area contributed by atoms with Crippen molar-refractivity contribution < 1.29 is 30.4 Å². The molecule has 5 rings (SSSR count). The minimum absolute atomic E-state index is 0.00285. The molecule has 0 unspecified atom stereocenters. The van der Waals surface area contributed by atoms with Crippen molar-refractivity contribution >= 4 is 52.6 Å². The molecule has 0 amide bonds. The molecule has 0 saturated carbocycles. The minimum Gasteiger partial charge on any atom is -0.494 e. The Balaban J connectivity index is 1.65. The van der Waals surface area contributed by atoms with Gasteiger partial charge in [-0.15, -0.1) is 4.40 Å². The molecule has 1 aliphatic rings. The first-order valence-corrected chi connectivity index (χ1v) is 16.7. The first kappa shape index (κ1) is 27.4. The Labute approximate surface area is 229 Å². The van der Waals surface area contributed by atoms with E-state index in [2.05, 4.69) is 14.4 Å². The first-order valence-electron chi connectivity index (χ1n) is 11.5. The molecule has 0 atom stereocenters. The largest absolute Gasteiger partial charge is 0.494 e. The summed E-state index contributed by atoms with van der Waals surface area (Å²) in [6, 6.07) is 14.6. The van der Waals surface area contributed by atoms with E-state index in [1.807, 2.05) is 0 Å². The number of benzene rings is 2. The van der Waals surface area contributed by atoms with E-state index in [4.69, 9.17) is 0 Å². The maximum Gasteiger partial charge on any atom is 0.286 e. The fourth-order valence-electron chi connectivity index (χ4n) is 4.35. The number of aromatic hydroxyl groups is 1. The van der Waals surface area contributed by atoms with Crippen LogP contribution in [0.15, 0.2) is 85.8 Å². The Morgan fingerprint density at radius 1 is 1.00 bits per heavy atom. The van der Waals surface area contributed by atoms with Gasteiger partial charge in [-0.25, -0.2) is 16.8 Å². The number of sulfonamides is 2. The summed E-state index contributed by atoms with van der Waals surface area (Å²) in [5.74, 6) is -0.956. The Hall–Kier alpha value is -4.21. The summed E-state index contributed by atoms with van der Waals surface area (Å²) in [4.78, 5) is 13.6. The van der Waals surface area contributed by atoms with E-state index in [1.165, 1.54) is 34.9 Å². The molecule has 0 aliphatic carbocycles. The summed E-state index contributed by atoms with van der Waals surface area (Å²) >= 11 is 0. The highest BCUT2D eigenvalue weighted by Gasteiger charge is 2.30. The lowest BCUT2D eigenvalue weighted by atomic mass is 10.0. The van der Waals surface area contributed by atoms with Crippen LogP contribution < -0.4 is 15.5 Å². The van der Waals surface area contributed by atoms with Gasteiger partial charge in [-0.3, -0.25) is 13.9 Å². The number of fused-ring (bicyclic) bond motifs is 2. The zero-order valence-corrected chi connectivity index (χ0v) is 23.4. The zero-order chi connectivity index (χ0) is 29.0. The molecule has 40 heavy (non-hydrogen) atoms. The SMILES string of the molecule is CS(=O)(=O)Nc1ccc2c(c1)S(=O)(=O)N=C(c1c(O)n3ccccc3c(Cc3ccc(S(C)(=O)=O)cc3)c1=O)N2. The minimum atomic E-state index is -4.42. The van der Waals surface area contributed by atoms with Gasteiger partial charge in [-0.1, -0.05) is 18.2 Å². The number of rotatable bonds is 6. The number of amidine groups is 1. The van der Waals surface area contributed by atoms with Gasteiger partial charge < -0.3 is 10.4 Å². The summed E-state index contributed by atoms with van der Waals surface area (Å²) in [5, 5.41) is 13.9. The highest BCUT2D eigenvalue weighted by Crippen LogP contribution is 2.33. The topological polar surface area (TPSA) is 181 Å². The first-order chi connectivity index (χ1) is 18.6. The van der Waals surface area contributed by atoms with Gasteiger partial charge in [0.1, 0.15) is 10.5 Å². The van der Waals surface area contributed by atoms with Crippen LogP contribution in [0.25, 0.3) is 5.52 Å². The van der Waals surface area contributed by atoms with Crippen LogP contribution in [0.5, 0.6) is 5.88 Å². The van der Waals surface area contributed by atoms with Gasteiger partial charge in [0.15, 0.2) is 15.7 Å². The monoisotopic (exact) mass is 602 g/mol. The van der Waals surface area contributed by atoms with E-state index in [-0.39, 0.29) is 38.7 Å². The quantitative estimate of drug-likeness (QED) is 0.297. The standard InChI is InChI=1S/C25H22N4O8S3/c1-38(32,33)17-9-6-15(7-10-17)13-18-20-5-3-4-12-29(20)25(31)22(23(18)30)24-26-19-11-8-16(27-39(2,34)35)14-21(19)40(36,37)28-24/h3-12,14,27,31H,13H2,1-2H3,(H,26,28). The number of anilines is 2. The van der Waals surface area contributed by atoms with Crippen LogP contribution in [-0.4, -0.2) is 53.1 Å². The molecule has 0 saturated heterocycles. The third-order valence-electron chi connectivity index (χ3n) is 6.12. The van der Waals surface area contributed by atoms with Crippen molar-refractivity contribution in [1.29, 1.82) is 0 Å². The number of nitrogens with zero attached hydrogens (tertiary/aromatic N) is 2. The zero-order valence-electron chi connectivity index (χ0n) is 21.0. The summed E-state index contributed by atoms with van der Waals surface area (Å²) in [6.45, 7) is 0. The van der Waals surface area contributed by atoms with E-state index in [0.29, 0.717) is 11.1 Å². The molecule has 12 nitrogen and oxygen atoms in total. The molecule has 0 fully saturated rings. The summed E-state index contributed by atoms with van der Waals surface area (Å²) < 4.78 is 80.3. The lowest BCUT2D eigenvalue weighted by molar-refractivity contribution is 0.443. The lowest BCUT2D eigenvalue weighted by Gasteiger charge is -2.21. The predicted octanol–water partition coefficient (Wildman–Crippen LogP) is 1.93. The molecule has 208 valence electrons. The van der Waals surface area contributed by atoms with Crippen molar-refractivity contribution in [2.45, 2.75) is 16.2 Å². The fourth-order valence-corrected chi connectivity index (χ4v) is 6.68. The van der Waals surface area contributed by atoms with E-state index < -0.39 is 47.0 Å². The maximum atomic E-state index is 13.8. The van der Waals surface area contributed by atoms with Crippen LogP contribution >= 0.6 is 0 Å².